The lowest BCUT2D eigenvalue weighted by Crippen LogP contribution is -2.50. The number of carboxylic acids is 1. The van der Waals surface area contributed by atoms with E-state index in [0.29, 0.717) is 0 Å². The molecule has 2 atom stereocenters. The minimum Gasteiger partial charge on any atom is -0.480 e. The van der Waals surface area contributed by atoms with E-state index in [-0.39, 0.29) is 24.3 Å². The van der Waals surface area contributed by atoms with Crippen LogP contribution in [0.15, 0.2) is 0 Å². The smallest absolute Gasteiger partial charge is 0.411 e. The normalized spacial score (nSPS) is 22.9. The average molecular weight is 316 g/mol. The Hall–Kier alpha value is -1.16. The van der Waals surface area contributed by atoms with Gasteiger partial charge in [0, 0.05) is 12.3 Å². The van der Waals surface area contributed by atoms with Crippen LogP contribution in [0, 0.1) is 0 Å². The van der Waals surface area contributed by atoms with Gasteiger partial charge in [0.15, 0.2) is 0 Å². The molecule has 0 spiro atoms. The number of thioether (sulfide) groups is 1. The van der Waals surface area contributed by atoms with E-state index in [9.17, 15) is 22.8 Å². The second-order valence-corrected chi connectivity index (χ2v) is 5.44. The number of nitrogens with one attached hydrogen (secondary N) is 1. The molecule has 1 fully saturated rings. The SMILES string of the molecule is CC1SCC(C(=O)O)N1C(=O)NCCOCC(F)(F)F. The summed E-state index contributed by atoms with van der Waals surface area (Å²) in [5, 5.41) is 11.0. The van der Waals surface area contributed by atoms with Crippen molar-refractivity contribution in [1.29, 1.82) is 0 Å². The lowest BCUT2D eigenvalue weighted by Gasteiger charge is -2.25. The van der Waals surface area contributed by atoms with Crippen LogP contribution in [-0.4, -0.2) is 65.1 Å². The van der Waals surface area contributed by atoms with Gasteiger partial charge in [-0.3, -0.25) is 4.90 Å². The van der Waals surface area contributed by atoms with Crippen molar-refractivity contribution < 1.29 is 32.6 Å². The van der Waals surface area contributed by atoms with Crippen LogP contribution in [0.5, 0.6) is 0 Å². The summed E-state index contributed by atoms with van der Waals surface area (Å²) in [5.74, 6) is -0.820. The molecule has 1 aliphatic heterocycles. The summed E-state index contributed by atoms with van der Waals surface area (Å²) in [6.45, 7) is -0.0998. The lowest BCUT2D eigenvalue weighted by molar-refractivity contribution is -0.173. The van der Waals surface area contributed by atoms with Crippen LogP contribution in [0.25, 0.3) is 0 Å². The molecule has 2 N–H and O–H groups in total. The molecule has 6 nitrogen and oxygen atoms in total. The van der Waals surface area contributed by atoms with E-state index in [4.69, 9.17) is 5.11 Å². The molecule has 2 amide bonds. The second kappa shape index (κ2) is 7.02. The average Bonchev–Trinajstić information content (AvgIpc) is 2.69. The van der Waals surface area contributed by atoms with Gasteiger partial charge in [0.2, 0.25) is 0 Å². The van der Waals surface area contributed by atoms with Gasteiger partial charge in [0.1, 0.15) is 12.6 Å². The maximum absolute atomic E-state index is 11.8. The predicted molar refractivity (Wildman–Crippen MR) is 65.5 cm³/mol. The molecule has 1 heterocycles. The second-order valence-electron chi connectivity index (χ2n) is 4.09. The highest BCUT2D eigenvalue weighted by atomic mass is 32.2. The first kappa shape index (κ1) is 16.9. The van der Waals surface area contributed by atoms with Crippen LogP contribution in [0.4, 0.5) is 18.0 Å². The number of halogens is 3. The van der Waals surface area contributed by atoms with Crippen LogP contribution in [0.3, 0.4) is 0 Å². The third kappa shape index (κ3) is 5.08. The van der Waals surface area contributed by atoms with Gasteiger partial charge in [-0.05, 0) is 6.92 Å². The van der Waals surface area contributed by atoms with E-state index in [1.54, 1.807) is 6.92 Å². The van der Waals surface area contributed by atoms with Crippen molar-refractivity contribution >= 4 is 23.8 Å². The first-order chi connectivity index (χ1) is 9.22. The summed E-state index contributed by atoms with van der Waals surface area (Å²) in [7, 11) is 0. The number of urea groups is 1. The Balaban J connectivity index is 2.33. The van der Waals surface area contributed by atoms with Crippen molar-refractivity contribution in [3.8, 4) is 0 Å². The Bertz CT molecular complexity index is 367. The Kier molecular flexibility index (Phi) is 5.93. The van der Waals surface area contributed by atoms with Crippen molar-refractivity contribution in [3.63, 3.8) is 0 Å². The number of amides is 2. The topological polar surface area (TPSA) is 78.9 Å². The molecule has 116 valence electrons. The minimum absolute atomic E-state index is 0.116. The number of rotatable bonds is 5. The van der Waals surface area contributed by atoms with Crippen molar-refractivity contribution in [3.05, 3.63) is 0 Å². The number of alkyl halides is 3. The number of carbonyl (C=O) groups is 2. The number of aliphatic carboxylic acids is 1. The fourth-order valence-electron chi connectivity index (χ4n) is 1.65. The van der Waals surface area contributed by atoms with Crippen molar-refractivity contribution in [2.45, 2.75) is 24.5 Å². The number of carbonyl (C=O) groups excluding carboxylic acids is 1. The lowest BCUT2D eigenvalue weighted by atomic mass is 10.3. The van der Waals surface area contributed by atoms with E-state index < -0.39 is 30.8 Å². The van der Waals surface area contributed by atoms with Gasteiger partial charge in [0.25, 0.3) is 0 Å². The monoisotopic (exact) mass is 316 g/mol. The van der Waals surface area contributed by atoms with Crippen molar-refractivity contribution in [2.24, 2.45) is 0 Å². The molecule has 0 aromatic carbocycles. The third-order valence-electron chi connectivity index (χ3n) is 2.53. The molecule has 0 aromatic rings. The van der Waals surface area contributed by atoms with E-state index in [1.807, 2.05) is 0 Å². The van der Waals surface area contributed by atoms with Gasteiger partial charge in [-0.25, -0.2) is 9.59 Å². The third-order valence-corrected chi connectivity index (χ3v) is 3.75. The van der Waals surface area contributed by atoms with Crippen LogP contribution in [0.1, 0.15) is 6.92 Å². The standard InChI is InChI=1S/C10H15F3N2O4S/c1-6-15(7(4-20-6)8(16)17)9(18)14-2-3-19-5-10(11,12)13/h6-7H,2-5H2,1H3,(H,14,18)(H,16,17). The molecule has 1 aliphatic rings. The largest absolute Gasteiger partial charge is 0.480 e. The molecule has 1 saturated heterocycles. The highest BCUT2D eigenvalue weighted by Crippen LogP contribution is 2.28. The van der Waals surface area contributed by atoms with Crippen LogP contribution >= 0.6 is 11.8 Å². The van der Waals surface area contributed by atoms with Crippen LogP contribution < -0.4 is 5.32 Å². The van der Waals surface area contributed by atoms with E-state index in [1.165, 1.54) is 11.8 Å². The molecule has 2 unspecified atom stereocenters. The summed E-state index contributed by atoms with van der Waals surface area (Å²) in [6.07, 6.45) is -4.40. The summed E-state index contributed by atoms with van der Waals surface area (Å²) in [4.78, 5) is 23.9. The summed E-state index contributed by atoms with van der Waals surface area (Å²) >= 11 is 1.32. The van der Waals surface area contributed by atoms with Gasteiger partial charge >= 0.3 is 18.2 Å². The maximum atomic E-state index is 11.8. The molecular weight excluding hydrogens is 301 g/mol. The number of nitrogens with zero attached hydrogens (tertiary/aromatic N) is 1. The van der Waals surface area contributed by atoms with Gasteiger partial charge < -0.3 is 15.2 Å². The van der Waals surface area contributed by atoms with Gasteiger partial charge in [-0.1, -0.05) is 0 Å². The molecule has 10 heteroatoms. The molecule has 0 radical (unpaired) electrons. The number of hydrogen-bond donors (Lipinski definition) is 2. The predicted octanol–water partition coefficient (Wildman–Crippen LogP) is 1.12. The van der Waals surface area contributed by atoms with Gasteiger partial charge in [-0.2, -0.15) is 13.2 Å². The first-order valence-electron chi connectivity index (χ1n) is 5.77. The van der Waals surface area contributed by atoms with Crippen LogP contribution in [-0.2, 0) is 9.53 Å². The molecule has 0 bridgehead atoms. The minimum atomic E-state index is -4.40. The molecule has 1 rings (SSSR count). The van der Waals surface area contributed by atoms with Gasteiger partial charge in [-0.15, -0.1) is 11.8 Å². The maximum Gasteiger partial charge on any atom is 0.411 e. The fraction of sp³-hybridized carbons (Fsp3) is 0.800. The summed E-state index contributed by atoms with van der Waals surface area (Å²) in [5.41, 5.74) is 0. The van der Waals surface area contributed by atoms with Crippen LogP contribution in [0.2, 0.25) is 0 Å². The van der Waals surface area contributed by atoms with E-state index in [0.717, 1.165) is 4.90 Å². The summed E-state index contributed by atoms with van der Waals surface area (Å²) in [6, 6.07) is -1.54. The Morgan fingerprint density at radius 3 is 2.70 bits per heavy atom. The highest BCUT2D eigenvalue weighted by Gasteiger charge is 2.39. The zero-order chi connectivity index (χ0) is 15.3. The van der Waals surface area contributed by atoms with Crippen molar-refractivity contribution in [1.82, 2.24) is 10.2 Å². The molecule has 20 heavy (non-hydrogen) atoms. The molecule has 0 aliphatic carbocycles. The zero-order valence-corrected chi connectivity index (χ0v) is 11.5. The molecule has 0 saturated carbocycles. The number of hydrogen-bond acceptors (Lipinski definition) is 4. The molecular formula is C10H15F3N2O4S. The van der Waals surface area contributed by atoms with E-state index in [2.05, 4.69) is 10.1 Å². The molecule has 0 aromatic heterocycles. The highest BCUT2D eigenvalue weighted by molar-refractivity contribution is 8.00. The fourth-order valence-corrected chi connectivity index (χ4v) is 2.82. The Morgan fingerprint density at radius 1 is 1.50 bits per heavy atom. The Morgan fingerprint density at radius 2 is 2.15 bits per heavy atom. The number of carboxylic acid groups (broad SMARTS) is 1. The summed E-state index contributed by atoms with van der Waals surface area (Å²) < 4.78 is 39.7. The Labute approximate surface area is 117 Å². The van der Waals surface area contributed by atoms with Gasteiger partial charge in [0.05, 0.1) is 12.0 Å². The quantitative estimate of drug-likeness (QED) is 0.743. The van der Waals surface area contributed by atoms with E-state index >= 15 is 0 Å². The van der Waals surface area contributed by atoms with Crippen molar-refractivity contribution in [2.75, 3.05) is 25.5 Å². The zero-order valence-electron chi connectivity index (χ0n) is 10.6. The number of ether oxygens (including phenoxy) is 1. The first-order valence-corrected chi connectivity index (χ1v) is 6.82.